The van der Waals surface area contributed by atoms with E-state index in [1.165, 1.54) is 0 Å². The molecule has 3 atom stereocenters. The van der Waals surface area contributed by atoms with E-state index >= 15 is 0 Å². The molecule has 1 spiro atoms. The zero-order chi connectivity index (χ0) is 24.3. The van der Waals surface area contributed by atoms with Crippen molar-refractivity contribution in [3.63, 3.8) is 0 Å². The number of carbonyl (C=O) groups excluding carboxylic acids is 3. The van der Waals surface area contributed by atoms with E-state index in [2.05, 4.69) is 10.6 Å². The van der Waals surface area contributed by atoms with Crippen LogP contribution in [-0.2, 0) is 26.3 Å². The Morgan fingerprint density at radius 2 is 1.88 bits per heavy atom. The number of nitrogens with one attached hydrogen (secondary N) is 2. The van der Waals surface area contributed by atoms with Gasteiger partial charge in [-0.3, -0.25) is 9.59 Å². The highest BCUT2D eigenvalue weighted by atomic mass is 16.5. The average Bonchev–Trinajstić information content (AvgIpc) is 3.35. The molecule has 2 aliphatic rings. The van der Waals surface area contributed by atoms with E-state index in [4.69, 9.17) is 4.74 Å². The largest absolute Gasteiger partial charge is 0.445 e. The van der Waals surface area contributed by atoms with E-state index < -0.39 is 23.6 Å². The molecular weight excluding hydrogens is 434 g/mol. The number of ether oxygens (including phenoxy) is 1. The van der Waals surface area contributed by atoms with Gasteiger partial charge in [0.2, 0.25) is 11.8 Å². The number of carbonyl (C=O) groups is 3. The van der Waals surface area contributed by atoms with Crippen LogP contribution in [0.15, 0.2) is 54.6 Å². The molecule has 0 radical (unpaired) electrons. The summed E-state index contributed by atoms with van der Waals surface area (Å²) in [6.07, 6.45) is 0.0514. The van der Waals surface area contributed by atoms with Crippen LogP contribution in [0, 0.1) is 5.92 Å². The SMILES string of the molecule is CC(C)CC(NC(=O)OCc1ccccc1)C(=O)N1C[C@]2(C[C@H]1CO)C(=O)Nc1ccccc12. The number of hydrogen-bond acceptors (Lipinski definition) is 5. The lowest BCUT2D eigenvalue weighted by molar-refractivity contribution is -0.135. The van der Waals surface area contributed by atoms with E-state index in [0.717, 1.165) is 16.8 Å². The fourth-order valence-electron chi connectivity index (χ4n) is 4.95. The fraction of sp³-hybridized carbons (Fsp3) is 0.423. The molecule has 34 heavy (non-hydrogen) atoms. The number of fused-ring (bicyclic) bond motifs is 2. The summed E-state index contributed by atoms with van der Waals surface area (Å²) >= 11 is 0. The van der Waals surface area contributed by atoms with Crippen LogP contribution < -0.4 is 10.6 Å². The fourth-order valence-corrected chi connectivity index (χ4v) is 4.95. The second kappa shape index (κ2) is 9.85. The Labute approximate surface area is 199 Å². The number of anilines is 1. The van der Waals surface area contributed by atoms with Crippen LogP contribution in [0.4, 0.5) is 10.5 Å². The maximum Gasteiger partial charge on any atom is 0.408 e. The molecule has 4 rings (SSSR count). The van der Waals surface area contributed by atoms with E-state index in [1.54, 1.807) is 4.90 Å². The Balaban J connectivity index is 1.50. The third kappa shape index (κ3) is 4.63. The minimum Gasteiger partial charge on any atom is -0.445 e. The highest BCUT2D eigenvalue weighted by Gasteiger charge is 2.56. The summed E-state index contributed by atoms with van der Waals surface area (Å²) in [5, 5.41) is 15.7. The van der Waals surface area contributed by atoms with Crippen molar-refractivity contribution in [2.24, 2.45) is 5.92 Å². The summed E-state index contributed by atoms with van der Waals surface area (Å²) < 4.78 is 5.33. The Morgan fingerprint density at radius 3 is 2.59 bits per heavy atom. The molecular formula is C26H31N3O5. The summed E-state index contributed by atoms with van der Waals surface area (Å²) in [4.78, 5) is 40.7. The molecule has 1 fully saturated rings. The molecule has 8 nitrogen and oxygen atoms in total. The first-order chi connectivity index (χ1) is 16.3. The lowest BCUT2D eigenvalue weighted by Crippen LogP contribution is -2.52. The van der Waals surface area contributed by atoms with Gasteiger partial charge in [-0.15, -0.1) is 0 Å². The molecule has 2 aliphatic heterocycles. The van der Waals surface area contributed by atoms with Crippen molar-refractivity contribution in [2.75, 3.05) is 18.5 Å². The highest BCUT2D eigenvalue weighted by Crippen LogP contribution is 2.46. The van der Waals surface area contributed by atoms with E-state index in [0.29, 0.717) is 12.8 Å². The van der Waals surface area contributed by atoms with Crippen molar-refractivity contribution in [3.05, 3.63) is 65.7 Å². The van der Waals surface area contributed by atoms with Crippen LogP contribution in [0.3, 0.4) is 0 Å². The number of hydrogen-bond donors (Lipinski definition) is 3. The first-order valence-corrected chi connectivity index (χ1v) is 11.6. The van der Waals surface area contributed by atoms with Gasteiger partial charge in [0.05, 0.1) is 18.1 Å². The number of rotatable bonds is 7. The third-order valence-electron chi connectivity index (χ3n) is 6.59. The van der Waals surface area contributed by atoms with Gasteiger partial charge in [-0.1, -0.05) is 62.4 Å². The van der Waals surface area contributed by atoms with Crippen LogP contribution >= 0.6 is 0 Å². The number of aliphatic hydroxyl groups is 1. The lowest BCUT2D eigenvalue weighted by Gasteiger charge is -2.29. The van der Waals surface area contributed by atoms with Gasteiger partial charge in [0.1, 0.15) is 12.6 Å². The van der Waals surface area contributed by atoms with Crippen molar-refractivity contribution in [2.45, 2.75) is 50.8 Å². The Hall–Kier alpha value is -3.39. The van der Waals surface area contributed by atoms with Crippen LogP contribution in [0.2, 0.25) is 0 Å². The molecule has 2 aromatic rings. The van der Waals surface area contributed by atoms with Gasteiger partial charge >= 0.3 is 6.09 Å². The van der Waals surface area contributed by atoms with E-state index in [-0.39, 0.29) is 37.5 Å². The smallest absolute Gasteiger partial charge is 0.408 e. The molecule has 180 valence electrons. The molecule has 0 saturated carbocycles. The van der Waals surface area contributed by atoms with Gasteiger partial charge in [-0.05, 0) is 36.0 Å². The Kier molecular flexibility index (Phi) is 6.88. The molecule has 0 aliphatic carbocycles. The highest BCUT2D eigenvalue weighted by molar-refractivity contribution is 6.07. The summed E-state index contributed by atoms with van der Waals surface area (Å²) in [7, 11) is 0. The van der Waals surface area contributed by atoms with Gasteiger partial charge in [-0.25, -0.2) is 4.79 Å². The van der Waals surface area contributed by atoms with Crippen LogP contribution in [0.5, 0.6) is 0 Å². The molecule has 0 bridgehead atoms. The van der Waals surface area contributed by atoms with Gasteiger partial charge in [-0.2, -0.15) is 0 Å². The number of nitrogens with zero attached hydrogens (tertiary/aromatic N) is 1. The standard InChI is InChI=1S/C26H31N3O5/c1-17(2)12-22(28-25(33)34-15-18-8-4-3-5-9-18)23(31)29-16-26(13-19(29)14-30)20-10-6-7-11-21(20)27-24(26)32/h3-11,17,19,22,30H,12-16H2,1-2H3,(H,27,32)(H,28,33)/t19-,22?,26-/m0/s1. The normalized spacial score (nSPS) is 21.9. The van der Waals surface area contributed by atoms with Crippen molar-refractivity contribution < 1.29 is 24.2 Å². The van der Waals surface area contributed by atoms with E-state index in [1.807, 2.05) is 68.4 Å². The van der Waals surface area contributed by atoms with Gasteiger partial charge in [0.25, 0.3) is 0 Å². The third-order valence-corrected chi connectivity index (χ3v) is 6.59. The molecule has 1 unspecified atom stereocenters. The number of amides is 3. The predicted octanol–water partition coefficient (Wildman–Crippen LogP) is 2.81. The summed E-state index contributed by atoms with van der Waals surface area (Å²) in [6, 6.07) is 15.4. The summed E-state index contributed by atoms with van der Waals surface area (Å²) in [6.45, 7) is 3.91. The maximum atomic E-state index is 13.6. The van der Waals surface area contributed by atoms with Gasteiger partial charge in [0.15, 0.2) is 0 Å². The van der Waals surface area contributed by atoms with Crippen LogP contribution in [0.1, 0.15) is 37.8 Å². The van der Waals surface area contributed by atoms with Gasteiger partial charge < -0.3 is 25.4 Å². The lowest BCUT2D eigenvalue weighted by atomic mass is 9.79. The van der Waals surface area contributed by atoms with Crippen molar-refractivity contribution >= 4 is 23.6 Å². The zero-order valence-electron chi connectivity index (χ0n) is 19.5. The minimum absolute atomic E-state index is 0.0955. The zero-order valence-corrected chi connectivity index (χ0v) is 19.5. The summed E-state index contributed by atoms with van der Waals surface area (Å²) in [5.74, 6) is -0.362. The quantitative estimate of drug-likeness (QED) is 0.583. The minimum atomic E-state index is -0.907. The van der Waals surface area contributed by atoms with E-state index in [9.17, 15) is 19.5 Å². The van der Waals surface area contributed by atoms with Crippen molar-refractivity contribution in [1.29, 1.82) is 0 Å². The molecule has 3 amide bonds. The molecule has 2 heterocycles. The number of aliphatic hydroxyl groups excluding tert-OH is 1. The monoisotopic (exact) mass is 465 g/mol. The number of likely N-dealkylation sites (tertiary alicyclic amines) is 1. The molecule has 0 aromatic heterocycles. The first kappa shape index (κ1) is 23.8. The first-order valence-electron chi connectivity index (χ1n) is 11.6. The number of para-hydroxylation sites is 1. The Morgan fingerprint density at radius 1 is 1.18 bits per heavy atom. The molecule has 3 N–H and O–H groups in total. The number of benzene rings is 2. The second-order valence-electron chi connectivity index (χ2n) is 9.48. The van der Waals surface area contributed by atoms with Crippen molar-refractivity contribution in [1.82, 2.24) is 10.2 Å². The van der Waals surface area contributed by atoms with Crippen molar-refractivity contribution in [3.8, 4) is 0 Å². The maximum absolute atomic E-state index is 13.6. The Bertz CT molecular complexity index is 1060. The predicted molar refractivity (Wildman–Crippen MR) is 127 cm³/mol. The molecule has 8 heteroatoms. The second-order valence-corrected chi connectivity index (χ2v) is 9.48. The molecule has 2 aromatic carbocycles. The van der Waals surface area contributed by atoms with Crippen LogP contribution in [-0.4, -0.2) is 53.1 Å². The summed E-state index contributed by atoms with van der Waals surface area (Å²) in [5.41, 5.74) is 1.51. The average molecular weight is 466 g/mol. The molecule has 1 saturated heterocycles. The topological polar surface area (TPSA) is 108 Å². The van der Waals surface area contributed by atoms with Gasteiger partial charge in [0, 0.05) is 12.2 Å². The number of alkyl carbamates (subject to hydrolysis) is 1. The van der Waals surface area contributed by atoms with Crippen LogP contribution in [0.25, 0.3) is 0 Å².